The van der Waals surface area contributed by atoms with Crippen LogP contribution in [-0.2, 0) is 0 Å². The minimum absolute atomic E-state index is 0. The highest BCUT2D eigenvalue weighted by atomic mass is 35.5. The van der Waals surface area contributed by atoms with Gasteiger partial charge in [0.15, 0.2) is 5.78 Å². The lowest BCUT2D eigenvalue weighted by Crippen LogP contribution is -2.38. The minimum atomic E-state index is -0.256. The molecule has 0 radical (unpaired) electrons. The summed E-state index contributed by atoms with van der Waals surface area (Å²) in [5.41, 5.74) is 1.12. The molecule has 1 unspecified atom stereocenters. The molecule has 7 heteroatoms. The van der Waals surface area contributed by atoms with Crippen LogP contribution in [0.25, 0.3) is 0 Å². The Labute approximate surface area is 175 Å². The zero-order valence-corrected chi connectivity index (χ0v) is 17.0. The monoisotopic (exact) mass is 426 g/mol. The second kappa shape index (κ2) is 10.1. The molecule has 0 saturated carbocycles. The van der Waals surface area contributed by atoms with Crippen molar-refractivity contribution >= 4 is 47.3 Å². The maximum absolute atomic E-state index is 12.8. The molecule has 3 rings (SSSR count). The smallest absolute Gasteiger partial charge is 0.252 e. The normalized spacial score (nSPS) is 16.3. The number of carbonyl (C=O) groups is 2. The molecule has 27 heavy (non-hydrogen) atoms. The Hall–Kier alpha value is -1.59. The highest BCUT2D eigenvalue weighted by Gasteiger charge is 2.20. The molecule has 2 aromatic carbocycles. The number of carbonyl (C=O) groups excluding carboxylic acids is 2. The number of nitrogens with one attached hydrogen (secondary N) is 2. The Morgan fingerprint density at radius 2 is 1.81 bits per heavy atom. The molecule has 2 N–H and O–H groups in total. The summed E-state index contributed by atoms with van der Waals surface area (Å²) in [5, 5.41) is 6.98. The molecule has 144 valence electrons. The number of piperidine rings is 1. The third-order valence-corrected chi connectivity index (χ3v) is 5.29. The van der Waals surface area contributed by atoms with Crippen molar-refractivity contribution in [2.75, 3.05) is 19.6 Å². The first-order valence-corrected chi connectivity index (χ1v) is 9.39. The molecule has 1 saturated heterocycles. The van der Waals surface area contributed by atoms with Crippen molar-refractivity contribution in [2.24, 2.45) is 5.92 Å². The van der Waals surface area contributed by atoms with Crippen molar-refractivity contribution in [3.63, 3.8) is 0 Å². The molecule has 0 bridgehead atoms. The van der Waals surface area contributed by atoms with E-state index in [2.05, 4.69) is 10.6 Å². The highest BCUT2D eigenvalue weighted by Crippen LogP contribution is 2.24. The molecule has 4 nitrogen and oxygen atoms in total. The maximum Gasteiger partial charge on any atom is 0.252 e. The van der Waals surface area contributed by atoms with Gasteiger partial charge < -0.3 is 10.6 Å². The first-order chi connectivity index (χ1) is 12.6. The second-order valence-electron chi connectivity index (χ2n) is 6.43. The molecular weight excluding hydrogens is 407 g/mol. The Morgan fingerprint density at radius 3 is 2.48 bits per heavy atom. The molecule has 0 spiro atoms. The Morgan fingerprint density at radius 1 is 1.07 bits per heavy atom. The van der Waals surface area contributed by atoms with Crippen molar-refractivity contribution in [3.05, 3.63) is 69.2 Å². The largest absolute Gasteiger partial charge is 0.352 e. The average Bonchev–Trinajstić information content (AvgIpc) is 2.68. The van der Waals surface area contributed by atoms with E-state index in [0.29, 0.717) is 39.2 Å². The minimum Gasteiger partial charge on any atom is -0.352 e. The lowest BCUT2D eigenvalue weighted by molar-refractivity contribution is 0.0934. The van der Waals surface area contributed by atoms with Gasteiger partial charge in [0.2, 0.25) is 0 Å². The predicted molar refractivity (Wildman–Crippen MR) is 112 cm³/mol. The van der Waals surface area contributed by atoms with Crippen molar-refractivity contribution in [1.82, 2.24) is 10.6 Å². The summed E-state index contributed by atoms with van der Waals surface area (Å²) in [7, 11) is 0. The van der Waals surface area contributed by atoms with E-state index in [9.17, 15) is 9.59 Å². The molecular formula is C20H21Cl3N2O2. The van der Waals surface area contributed by atoms with Crippen molar-refractivity contribution in [2.45, 2.75) is 12.8 Å². The number of halogens is 3. The van der Waals surface area contributed by atoms with E-state index in [1.165, 1.54) is 6.07 Å². The number of benzene rings is 2. The Kier molecular flexibility index (Phi) is 8.11. The number of rotatable bonds is 5. The maximum atomic E-state index is 12.8. The van der Waals surface area contributed by atoms with Gasteiger partial charge in [0.1, 0.15) is 0 Å². The number of amides is 1. The van der Waals surface area contributed by atoms with Gasteiger partial charge in [0.05, 0.1) is 15.6 Å². The lowest BCUT2D eigenvalue weighted by atomic mass is 9.97. The van der Waals surface area contributed by atoms with E-state index in [1.807, 2.05) is 0 Å². The number of hydrogen-bond acceptors (Lipinski definition) is 3. The number of hydrogen-bond donors (Lipinski definition) is 2. The van der Waals surface area contributed by atoms with Crippen LogP contribution in [0.2, 0.25) is 10.0 Å². The van der Waals surface area contributed by atoms with Gasteiger partial charge in [-0.25, -0.2) is 0 Å². The Bertz CT molecular complexity index is 821. The fourth-order valence-corrected chi connectivity index (χ4v) is 3.40. The molecule has 1 aliphatic rings. The van der Waals surface area contributed by atoms with E-state index < -0.39 is 0 Å². The van der Waals surface area contributed by atoms with Crippen LogP contribution in [0, 0.1) is 5.92 Å². The van der Waals surface area contributed by atoms with Crippen LogP contribution in [-0.4, -0.2) is 31.3 Å². The molecule has 1 fully saturated rings. The van der Waals surface area contributed by atoms with Crippen LogP contribution >= 0.6 is 35.6 Å². The van der Waals surface area contributed by atoms with Gasteiger partial charge in [-0.2, -0.15) is 0 Å². The summed E-state index contributed by atoms with van der Waals surface area (Å²) in [5.74, 6) is -0.0705. The summed E-state index contributed by atoms with van der Waals surface area (Å²) in [6.45, 7) is 2.54. The van der Waals surface area contributed by atoms with Gasteiger partial charge in [0.25, 0.3) is 5.91 Å². The SMILES string of the molecule is Cl.O=C(NCC1CCCNC1)c1ccccc1C(=O)c1ccc(Cl)c(Cl)c1. The third-order valence-electron chi connectivity index (χ3n) is 4.55. The van der Waals surface area contributed by atoms with Crippen molar-refractivity contribution in [1.29, 1.82) is 0 Å². The van der Waals surface area contributed by atoms with E-state index >= 15 is 0 Å². The van der Waals surface area contributed by atoms with E-state index in [4.69, 9.17) is 23.2 Å². The van der Waals surface area contributed by atoms with Crippen LogP contribution in [0.15, 0.2) is 42.5 Å². The summed E-state index contributed by atoms with van der Waals surface area (Å²) in [6, 6.07) is 11.5. The fourth-order valence-electron chi connectivity index (χ4n) is 3.10. The number of ketones is 1. The summed E-state index contributed by atoms with van der Waals surface area (Å²) in [4.78, 5) is 25.5. The van der Waals surface area contributed by atoms with Crippen LogP contribution in [0.3, 0.4) is 0 Å². The van der Waals surface area contributed by atoms with E-state index in [0.717, 1.165) is 25.9 Å². The van der Waals surface area contributed by atoms with Gasteiger partial charge in [-0.15, -0.1) is 12.4 Å². The molecule has 1 amide bonds. The third kappa shape index (κ3) is 5.45. The summed E-state index contributed by atoms with van der Waals surface area (Å²) >= 11 is 11.9. The molecule has 0 aliphatic carbocycles. The molecule has 2 aromatic rings. The van der Waals surface area contributed by atoms with E-state index in [1.54, 1.807) is 36.4 Å². The lowest BCUT2D eigenvalue weighted by Gasteiger charge is -2.23. The quantitative estimate of drug-likeness (QED) is 0.696. The fraction of sp³-hybridized carbons (Fsp3) is 0.300. The molecule has 1 atom stereocenters. The average molecular weight is 428 g/mol. The highest BCUT2D eigenvalue weighted by molar-refractivity contribution is 6.42. The molecule has 0 aromatic heterocycles. The van der Waals surface area contributed by atoms with Crippen LogP contribution in [0.5, 0.6) is 0 Å². The summed E-state index contributed by atoms with van der Waals surface area (Å²) in [6.07, 6.45) is 2.21. The van der Waals surface area contributed by atoms with E-state index in [-0.39, 0.29) is 24.1 Å². The topological polar surface area (TPSA) is 58.2 Å². The van der Waals surface area contributed by atoms with Gasteiger partial charge in [0, 0.05) is 17.7 Å². The van der Waals surface area contributed by atoms with Crippen molar-refractivity contribution in [3.8, 4) is 0 Å². The predicted octanol–water partition coefficient (Wildman–Crippen LogP) is 4.38. The molecule has 1 aliphatic heterocycles. The standard InChI is InChI=1S/C20H20Cl2N2O2.ClH/c21-17-8-7-14(10-18(17)22)19(25)15-5-1-2-6-16(15)20(26)24-12-13-4-3-9-23-11-13;/h1-2,5-8,10,13,23H,3-4,9,11-12H2,(H,24,26);1H. The second-order valence-corrected chi connectivity index (χ2v) is 7.24. The van der Waals surface area contributed by atoms with Crippen LogP contribution < -0.4 is 10.6 Å². The van der Waals surface area contributed by atoms with Gasteiger partial charge in [-0.05, 0) is 56.1 Å². The van der Waals surface area contributed by atoms with Gasteiger partial charge >= 0.3 is 0 Å². The van der Waals surface area contributed by atoms with Gasteiger partial charge in [-0.1, -0.05) is 41.4 Å². The van der Waals surface area contributed by atoms with Crippen LogP contribution in [0.4, 0.5) is 0 Å². The molecule has 1 heterocycles. The Balaban J connectivity index is 0.00000261. The first kappa shape index (κ1) is 21.7. The van der Waals surface area contributed by atoms with Crippen LogP contribution in [0.1, 0.15) is 39.1 Å². The zero-order chi connectivity index (χ0) is 18.5. The van der Waals surface area contributed by atoms with Crippen molar-refractivity contribution < 1.29 is 9.59 Å². The first-order valence-electron chi connectivity index (χ1n) is 8.64. The zero-order valence-electron chi connectivity index (χ0n) is 14.6. The van der Waals surface area contributed by atoms with Gasteiger partial charge in [-0.3, -0.25) is 9.59 Å². The summed E-state index contributed by atoms with van der Waals surface area (Å²) < 4.78 is 0.